The Morgan fingerprint density at radius 2 is 2.00 bits per heavy atom. The lowest BCUT2D eigenvalue weighted by Gasteiger charge is -2.21. The number of rotatable bonds is 8. The van der Waals surface area contributed by atoms with Crippen LogP contribution in [0.3, 0.4) is 0 Å². The summed E-state index contributed by atoms with van der Waals surface area (Å²) in [5.74, 6) is 0.817. The molecule has 0 saturated heterocycles. The molecule has 1 unspecified atom stereocenters. The van der Waals surface area contributed by atoms with Crippen LogP contribution in [-0.4, -0.2) is 30.0 Å². The number of unbranched alkanes of at least 4 members (excludes halogenated alkanes) is 1. The molecule has 0 spiro atoms. The summed E-state index contributed by atoms with van der Waals surface area (Å²) >= 11 is 0. The van der Waals surface area contributed by atoms with Gasteiger partial charge in [-0.2, -0.15) is 0 Å². The van der Waals surface area contributed by atoms with Crippen molar-refractivity contribution in [3.05, 3.63) is 30.1 Å². The van der Waals surface area contributed by atoms with Gasteiger partial charge in [0, 0.05) is 25.5 Å². The van der Waals surface area contributed by atoms with Crippen molar-refractivity contribution in [1.82, 2.24) is 9.88 Å². The maximum atomic E-state index is 4.04. The molecule has 0 fully saturated rings. The highest BCUT2D eigenvalue weighted by atomic mass is 15.1. The van der Waals surface area contributed by atoms with E-state index in [9.17, 15) is 0 Å². The third-order valence-electron chi connectivity index (χ3n) is 3.21. The van der Waals surface area contributed by atoms with Gasteiger partial charge in [-0.1, -0.05) is 26.7 Å². The predicted molar refractivity (Wildman–Crippen MR) is 74.1 cm³/mol. The summed E-state index contributed by atoms with van der Waals surface area (Å²) in [5, 5.41) is 0. The van der Waals surface area contributed by atoms with Gasteiger partial charge >= 0.3 is 0 Å². The quantitative estimate of drug-likeness (QED) is 0.685. The Kier molecular flexibility index (Phi) is 6.87. The van der Waals surface area contributed by atoms with Crippen molar-refractivity contribution in [3.8, 4) is 0 Å². The number of likely N-dealkylation sites (N-methyl/N-ethyl adjacent to an activating group) is 1. The summed E-state index contributed by atoms with van der Waals surface area (Å²) in [6, 6.07) is 4.21. The van der Waals surface area contributed by atoms with Crippen LogP contribution in [0.2, 0.25) is 0 Å². The van der Waals surface area contributed by atoms with Crippen LogP contribution in [-0.2, 0) is 6.42 Å². The van der Waals surface area contributed by atoms with Crippen molar-refractivity contribution in [2.75, 3.05) is 20.1 Å². The first-order valence-electron chi connectivity index (χ1n) is 6.79. The third kappa shape index (κ3) is 6.42. The molecule has 0 bridgehead atoms. The first-order chi connectivity index (χ1) is 8.22. The van der Waals surface area contributed by atoms with E-state index in [1.807, 2.05) is 12.4 Å². The van der Waals surface area contributed by atoms with Crippen LogP contribution in [0.4, 0.5) is 0 Å². The maximum absolute atomic E-state index is 4.04. The Morgan fingerprint density at radius 1 is 1.29 bits per heavy atom. The smallest absolute Gasteiger partial charge is 0.0270 e. The lowest BCUT2D eigenvalue weighted by Crippen LogP contribution is -2.26. The van der Waals surface area contributed by atoms with Gasteiger partial charge in [-0.3, -0.25) is 4.98 Å². The molecular formula is C15H26N2. The first-order valence-corrected chi connectivity index (χ1v) is 6.79. The molecule has 1 heterocycles. The van der Waals surface area contributed by atoms with E-state index in [0.717, 1.165) is 18.9 Å². The van der Waals surface area contributed by atoms with Crippen LogP contribution >= 0.6 is 0 Å². The Labute approximate surface area is 106 Å². The van der Waals surface area contributed by atoms with Crippen LogP contribution in [0.1, 0.15) is 38.7 Å². The summed E-state index contributed by atoms with van der Waals surface area (Å²) in [6.07, 6.45) is 8.90. The van der Waals surface area contributed by atoms with Crippen molar-refractivity contribution in [3.63, 3.8) is 0 Å². The second kappa shape index (κ2) is 8.24. The minimum Gasteiger partial charge on any atom is -0.306 e. The third-order valence-corrected chi connectivity index (χ3v) is 3.21. The first kappa shape index (κ1) is 14.2. The monoisotopic (exact) mass is 234 g/mol. The largest absolute Gasteiger partial charge is 0.306 e. The number of hydrogen-bond acceptors (Lipinski definition) is 2. The summed E-state index contributed by atoms with van der Waals surface area (Å²) in [6.45, 7) is 6.98. The van der Waals surface area contributed by atoms with Crippen LogP contribution in [0.15, 0.2) is 24.5 Å². The van der Waals surface area contributed by atoms with Gasteiger partial charge in [-0.25, -0.2) is 0 Å². The number of hydrogen-bond donors (Lipinski definition) is 0. The van der Waals surface area contributed by atoms with Crippen molar-refractivity contribution in [1.29, 1.82) is 0 Å². The van der Waals surface area contributed by atoms with Crippen LogP contribution in [0.25, 0.3) is 0 Å². The SMILES string of the molecule is CCCCC(C)CN(C)CCc1ccncc1. The molecule has 0 aromatic carbocycles. The molecule has 1 atom stereocenters. The van der Waals surface area contributed by atoms with Gasteiger partial charge in [0.1, 0.15) is 0 Å². The van der Waals surface area contributed by atoms with Gasteiger partial charge in [0.15, 0.2) is 0 Å². The van der Waals surface area contributed by atoms with Gasteiger partial charge in [0.2, 0.25) is 0 Å². The second-order valence-corrected chi connectivity index (χ2v) is 5.12. The standard InChI is InChI=1S/C15H26N2/c1-4-5-6-14(2)13-17(3)12-9-15-7-10-16-11-8-15/h7-8,10-11,14H,4-6,9,12-13H2,1-3H3. The average molecular weight is 234 g/mol. The topological polar surface area (TPSA) is 16.1 Å². The van der Waals surface area contributed by atoms with E-state index in [0.29, 0.717) is 0 Å². The molecule has 1 rings (SSSR count). The van der Waals surface area contributed by atoms with Crippen LogP contribution < -0.4 is 0 Å². The van der Waals surface area contributed by atoms with E-state index in [1.165, 1.54) is 31.4 Å². The maximum Gasteiger partial charge on any atom is 0.0270 e. The highest BCUT2D eigenvalue weighted by molar-refractivity contribution is 5.09. The Morgan fingerprint density at radius 3 is 2.65 bits per heavy atom. The zero-order valence-corrected chi connectivity index (χ0v) is 11.5. The summed E-state index contributed by atoms with van der Waals surface area (Å²) in [4.78, 5) is 6.49. The molecule has 2 heteroatoms. The molecule has 96 valence electrons. The molecule has 0 aliphatic heterocycles. The second-order valence-electron chi connectivity index (χ2n) is 5.12. The van der Waals surface area contributed by atoms with E-state index in [1.54, 1.807) is 0 Å². The Hall–Kier alpha value is -0.890. The zero-order chi connectivity index (χ0) is 12.5. The average Bonchev–Trinajstić information content (AvgIpc) is 2.35. The molecule has 2 nitrogen and oxygen atoms in total. The molecule has 1 aromatic heterocycles. The fourth-order valence-electron chi connectivity index (χ4n) is 2.14. The van der Waals surface area contributed by atoms with Crippen molar-refractivity contribution < 1.29 is 0 Å². The minimum absolute atomic E-state index is 0.817. The molecule has 0 amide bonds. The minimum atomic E-state index is 0.817. The fraction of sp³-hybridized carbons (Fsp3) is 0.667. The van der Waals surface area contributed by atoms with Crippen LogP contribution in [0, 0.1) is 5.92 Å². The van der Waals surface area contributed by atoms with E-state index in [-0.39, 0.29) is 0 Å². The van der Waals surface area contributed by atoms with Gasteiger partial charge in [-0.15, -0.1) is 0 Å². The highest BCUT2D eigenvalue weighted by Crippen LogP contribution is 2.09. The summed E-state index contributed by atoms with van der Waals surface area (Å²) < 4.78 is 0. The zero-order valence-electron chi connectivity index (χ0n) is 11.5. The highest BCUT2D eigenvalue weighted by Gasteiger charge is 2.05. The normalized spacial score (nSPS) is 12.9. The summed E-state index contributed by atoms with van der Waals surface area (Å²) in [5.41, 5.74) is 1.38. The fourth-order valence-corrected chi connectivity index (χ4v) is 2.14. The van der Waals surface area contributed by atoms with Gasteiger partial charge in [0.05, 0.1) is 0 Å². The lowest BCUT2D eigenvalue weighted by atomic mass is 10.0. The molecule has 0 radical (unpaired) electrons. The van der Waals surface area contributed by atoms with Gasteiger partial charge < -0.3 is 4.90 Å². The van der Waals surface area contributed by atoms with E-state index >= 15 is 0 Å². The van der Waals surface area contributed by atoms with E-state index < -0.39 is 0 Å². The summed E-state index contributed by atoms with van der Waals surface area (Å²) in [7, 11) is 2.23. The van der Waals surface area contributed by atoms with Gasteiger partial charge in [0.25, 0.3) is 0 Å². The molecule has 0 aliphatic carbocycles. The molecule has 1 aromatic rings. The number of aromatic nitrogens is 1. The predicted octanol–water partition coefficient (Wildman–Crippen LogP) is 3.38. The molecule has 0 saturated carbocycles. The van der Waals surface area contributed by atoms with Crippen molar-refractivity contribution in [2.45, 2.75) is 39.5 Å². The number of pyridine rings is 1. The van der Waals surface area contributed by atoms with Gasteiger partial charge in [-0.05, 0) is 43.5 Å². The Balaban J connectivity index is 2.19. The molecule has 17 heavy (non-hydrogen) atoms. The van der Waals surface area contributed by atoms with Crippen LogP contribution in [0.5, 0.6) is 0 Å². The molecule has 0 N–H and O–H groups in total. The number of nitrogens with zero attached hydrogens (tertiary/aromatic N) is 2. The van der Waals surface area contributed by atoms with E-state index in [4.69, 9.17) is 0 Å². The van der Waals surface area contributed by atoms with Crippen molar-refractivity contribution in [2.24, 2.45) is 5.92 Å². The molecule has 0 aliphatic rings. The van der Waals surface area contributed by atoms with E-state index in [2.05, 4.69) is 42.9 Å². The molecular weight excluding hydrogens is 208 g/mol. The van der Waals surface area contributed by atoms with Crippen molar-refractivity contribution >= 4 is 0 Å². The Bertz CT molecular complexity index is 284. The lowest BCUT2D eigenvalue weighted by molar-refractivity contribution is 0.278.